The standard InChI is InChI=1S/C24H20ClFN2O4/c1-15-6-8-16(9-7-15)13-27-23(30)19-4-2-3-5-21(19)28-22(29)14-32-24(31)18-11-10-17(25)12-20(18)26/h2-12H,13-14H2,1H3,(H,27,30)(H,28,29). The summed E-state index contributed by atoms with van der Waals surface area (Å²) in [6.45, 7) is 1.65. The highest BCUT2D eigenvalue weighted by molar-refractivity contribution is 6.30. The molecule has 0 aliphatic rings. The van der Waals surface area contributed by atoms with Crippen LogP contribution < -0.4 is 10.6 Å². The molecule has 2 amide bonds. The maximum absolute atomic E-state index is 13.8. The van der Waals surface area contributed by atoms with Crippen molar-refractivity contribution in [2.75, 3.05) is 11.9 Å². The van der Waals surface area contributed by atoms with E-state index in [1.807, 2.05) is 31.2 Å². The fourth-order valence-corrected chi connectivity index (χ4v) is 2.98. The molecule has 3 aromatic rings. The topological polar surface area (TPSA) is 84.5 Å². The highest BCUT2D eigenvalue weighted by Crippen LogP contribution is 2.17. The number of anilines is 1. The predicted molar refractivity (Wildman–Crippen MR) is 119 cm³/mol. The van der Waals surface area contributed by atoms with E-state index in [1.165, 1.54) is 12.1 Å². The Morgan fingerprint density at radius 2 is 1.69 bits per heavy atom. The van der Waals surface area contributed by atoms with E-state index in [9.17, 15) is 18.8 Å². The van der Waals surface area contributed by atoms with E-state index >= 15 is 0 Å². The minimum Gasteiger partial charge on any atom is -0.452 e. The van der Waals surface area contributed by atoms with Crippen LogP contribution in [0.5, 0.6) is 0 Å². The lowest BCUT2D eigenvalue weighted by Gasteiger charge is -2.12. The Bertz CT molecular complexity index is 1150. The van der Waals surface area contributed by atoms with Crippen molar-refractivity contribution >= 4 is 35.1 Å². The van der Waals surface area contributed by atoms with Crippen LogP contribution in [0.15, 0.2) is 66.7 Å². The van der Waals surface area contributed by atoms with Crippen molar-refractivity contribution in [3.63, 3.8) is 0 Å². The third-order valence-corrected chi connectivity index (χ3v) is 4.74. The summed E-state index contributed by atoms with van der Waals surface area (Å²) in [6, 6.07) is 17.7. The number of hydrogen-bond donors (Lipinski definition) is 2. The molecule has 0 fully saturated rings. The third kappa shape index (κ3) is 6.15. The van der Waals surface area contributed by atoms with E-state index in [4.69, 9.17) is 16.3 Å². The maximum atomic E-state index is 13.8. The van der Waals surface area contributed by atoms with E-state index in [-0.39, 0.29) is 27.7 Å². The number of ether oxygens (including phenoxy) is 1. The van der Waals surface area contributed by atoms with Crippen molar-refractivity contribution in [3.8, 4) is 0 Å². The van der Waals surface area contributed by atoms with Gasteiger partial charge in [-0.15, -0.1) is 0 Å². The van der Waals surface area contributed by atoms with Gasteiger partial charge in [-0.25, -0.2) is 9.18 Å². The van der Waals surface area contributed by atoms with E-state index < -0.39 is 24.3 Å². The molecule has 0 unspecified atom stereocenters. The van der Waals surface area contributed by atoms with Crippen LogP contribution in [-0.2, 0) is 16.1 Å². The van der Waals surface area contributed by atoms with Gasteiger partial charge in [-0.1, -0.05) is 53.6 Å². The fourth-order valence-electron chi connectivity index (χ4n) is 2.82. The zero-order valence-corrected chi connectivity index (χ0v) is 17.9. The SMILES string of the molecule is Cc1ccc(CNC(=O)c2ccccc2NC(=O)COC(=O)c2ccc(Cl)cc2F)cc1. The Labute approximate surface area is 189 Å². The number of halogens is 2. The highest BCUT2D eigenvalue weighted by atomic mass is 35.5. The van der Waals surface area contributed by atoms with Crippen LogP contribution in [0, 0.1) is 12.7 Å². The summed E-state index contributed by atoms with van der Waals surface area (Å²) < 4.78 is 18.7. The van der Waals surface area contributed by atoms with Gasteiger partial charge in [0.1, 0.15) is 5.82 Å². The Balaban J connectivity index is 1.58. The van der Waals surface area contributed by atoms with E-state index in [2.05, 4.69) is 10.6 Å². The number of amides is 2. The van der Waals surface area contributed by atoms with E-state index in [1.54, 1.807) is 24.3 Å². The number of hydrogen-bond acceptors (Lipinski definition) is 4. The molecule has 3 aromatic carbocycles. The Morgan fingerprint density at radius 3 is 2.41 bits per heavy atom. The summed E-state index contributed by atoms with van der Waals surface area (Å²) in [4.78, 5) is 36.8. The van der Waals surface area contributed by atoms with Gasteiger partial charge in [0.25, 0.3) is 11.8 Å². The highest BCUT2D eigenvalue weighted by Gasteiger charge is 2.17. The molecule has 0 bridgehead atoms. The van der Waals surface area contributed by atoms with Crippen LogP contribution in [-0.4, -0.2) is 24.4 Å². The average molecular weight is 455 g/mol. The number of para-hydroxylation sites is 1. The van der Waals surface area contributed by atoms with Crippen LogP contribution in [0.25, 0.3) is 0 Å². The van der Waals surface area contributed by atoms with E-state index in [0.717, 1.165) is 17.2 Å². The number of carbonyl (C=O) groups excluding carboxylic acids is 3. The second kappa shape index (κ2) is 10.5. The zero-order chi connectivity index (χ0) is 23.1. The maximum Gasteiger partial charge on any atom is 0.341 e. The van der Waals surface area contributed by atoms with Crippen LogP contribution in [0.4, 0.5) is 10.1 Å². The first kappa shape index (κ1) is 23.0. The molecule has 0 atom stereocenters. The third-order valence-electron chi connectivity index (χ3n) is 4.50. The predicted octanol–water partition coefficient (Wildman–Crippen LogP) is 4.51. The van der Waals surface area contributed by atoms with Crippen molar-refractivity contribution in [2.24, 2.45) is 0 Å². The monoisotopic (exact) mass is 454 g/mol. The van der Waals surface area contributed by atoms with Crippen LogP contribution in [0.1, 0.15) is 31.8 Å². The van der Waals surface area contributed by atoms with Gasteiger partial charge in [0, 0.05) is 11.6 Å². The molecule has 0 saturated carbocycles. The molecule has 2 N–H and O–H groups in total. The normalized spacial score (nSPS) is 10.3. The van der Waals surface area contributed by atoms with Gasteiger partial charge in [-0.05, 0) is 42.8 Å². The number of aryl methyl sites for hydroxylation is 1. The molecular formula is C24H20ClFN2O4. The smallest absolute Gasteiger partial charge is 0.341 e. The molecule has 164 valence electrons. The van der Waals surface area contributed by atoms with Gasteiger partial charge >= 0.3 is 5.97 Å². The van der Waals surface area contributed by atoms with Gasteiger partial charge < -0.3 is 15.4 Å². The van der Waals surface area contributed by atoms with Crippen molar-refractivity contribution in [1.82, 2.24) is 5.32 Å². The minimum atomic E-state index is -1.00. The molecule has 0 aliphatic carbocycles. The quantitative estimate of drug-likeness (QED) is 0.514. The summed E-state index contributed by atoms with van der Waals surface area (Å²) in [5.41, 5.74) is 2.23. The zero-order valence-electron chi connectivity index (χ0n) is 17.2. The number of rotatable bonds is 7. The Hall–Kier alpha value is -3.71. The Kier molecular flexibility index (Phi) is 7.57. The minimum absolute atomic E-state index is 0.133. The van der Waals surface area contributed by atoms with Gasteiger partial charge in [0.15, 0.2) is 6.61 Å². The first-order chi connectivity index (χ1) is 15.3. The van der Waals surface area contributed by atoms with Gasteiger partial charge in [-0.3, -0.25) is 9.59 Å². The molecule has 0 spiro atoms. The summed E-state index contributed by atoms with van der Waals surface area (Å²) >= 11 is 5.65. The summed E-state index contributed by atoms with van der Waals surface area (Å²) in [5.74, 6) is -2.90. The molecule has 3 rings (SSSR count). The van der Waals surface area contributed by atoms with Crippen molar-refractivity contribution in [2.45, 2.75) is 13.5 Å². The van der Waals surface area contributed by atoms with Crippen molar-refractivity contribution in [3.05, 3.63) is 99.8 Å². The molecule has 32 heavy (non-hydrogen) atoms. The molecule has 0 heterocycles. The lowest BCUT2D eigenvalue weighted by molar-refractivity contribution is -0.119. The molecule has 0 saturated heterocycles. The van der Waals surface area contributed by atoms with Crippen LogP contribution >= 0.6 is 11.6 Å². The lowest BCUT2D eigenvalue weighted by atomic mass is 10.1. The second-order valence-electron chi connectivity index (χ2n) is 6.96. The average Bonchev–Trinajstić information content (AvgIpc) is 2.77. The van der Waals surface area contributed by atoms with Gasteiger partial charge in [0.05, 0.1) is 16.8 Å². The molecule has 0 radical (unpaired) electrons. The fraction of sp³-hybridized carbons (Fsp3) is 0.125. The van der Waals surface area contributed by atoms with Gasteiger partial charge in [0.2, 0.25) is 0 Å². The number of carbonyl (C=O) groups is 3. The molecule has 6 nitrogen and oxygen atoms in total. The van der Waals surface area contributed by atoms with Crippen molar-refractivity contribution < 1.29 is 23.5 Å². The van der Waals surface area contributed by atoms with Crippen LogP contribution in [0.2, 0.25) is 5.02 Å². The molecule has 0 aromatic heterocycles. The molecule has 0 aliphatic heterocycles. The summed E-state index contributed by atoms with van der Waals surface area (Å²) in [5, 5.41) is 5.47. The largest absolute Gasteiger partial charge is 0.452 e. The Morgan fingerprint density at radius 1 is 0.969 bits per heavy atom. The molecule has 8 heteroatoms. The second-order valence-corrected chi connectivity index (χ2v) is 7.40. The number of nitrogens with one attached hydrogen (secondary N) is 2. The van der Waals surface area contributed by atoms with Crippen molar-refractivity contribution in [1.29, 1.82) is 0 Å². The lowest BCUT2D eigenvalue weighted by Crippen LogP contribution is -2.26. The first-order valence-corrected chi connectivity index (χ1v) is 10.1. The van der Waals surface area contributed by atoms with Crippen LogP contribution in [0.3, 0.4) is 0 Å². The number of esters is 1. The van der Waals surface area contributed by atoms with Gasteiger partial charge in [-0.2, -0.15) is 0 Å². The summed E-state index contributed by atoms with van der Waals surface area (Å²) in [7, 11) is 0. The molecular weight excluding hydrogens is 435 g/mol. The number of benzene rings is 3. The van der Waals surface area contributed by atoms with E-state index in [0.29, 0.717) is 6.54 Å². The first-order valence-electron chi connectivity index (χ1n) is 9.68. The summed E-state index contributed by atoms with van der Waals surface area (Å²) in [6.07, 6.45) is 0.